The zero-order valence-electron chi connectivity index (χ0n) is 20.4. The minimum Gasteiger partial charge on any atom is -0.508 e. The van der Waals surface area contributed by atoms with E-state index >= 15 is 4.39 Å². The molecule has 1 aliphatic heterocycles. The summed E-state index contributed by atoms with van der Waals surface area (Å²) < 4.78 is 16.8. The van der Waals surface area contributed by atoms with Crippen LogP contribution in [-0.4, -0.2) is 75.6 Å². The number of hydrogen-bond acceptors (Lipinski definition) is 7. The quantitative estimate of drug-likeness (QED) is 0.496. The highest BCUT2D eigenvalue weighted by atomic mass is 19.1. The third kappa shape index (κ3) is 4.79. The van der Waals surface area contributed by atoms with Crippen LogP contribution in [0.15, 0.2) is 30.3 Å². The van der Waals surface area contributed by atoms with Crippen LogP contribution in [-0.2, 0) is 0 Å². The Kier molecular flexibility index (Phi) is 6.93. The lowest BCUT2D eigenvalue weighted by atomic mass is 9.98. The molecule has 9 nitrogen and oxygen atoms in total. The molecule has 10 heteroatoms. The second-order valence-electron chi connectivity index (χ2n) is 9.05. The third-order valence-electron chi connectivity index (χ3n) is 6.24. The maximum absolute atomic E-state index is 15.3. The van der Waals surface area contributed by atoms with Gasteiger partial charge in [-0.05, 0) is 43.7 Å². The van der Waals surface area contributed by atoms with Crippen molar-refractivity contribution in [1.29, 1.82) is 0 Å². The molecule has 3 aromatic rings. The summed E-state index contributed by atoms with van der Waals surface area (Å²) in [4.78, 5) is 17.0. The van der Waals surface area contributed by atoms with Gasteiger partial charge in [0.2, 0.25) is 5.82 Å². The first-order chi connectivity index (χ1) is 16.7. The predicted molar refractivity (Wildman–Crippen MR) is 132 cm³/mol. The molecular weight excluding hydrogens is 451 g/mol. The Balaban J connectivity index is 1.84. The number of nitrogens with zero attached hydrogens (tertiary/aromatic N) is 5. The summed E-state index contributed by atoms with van der Waals surface area (Å²) >= 11 is 0. The summed E-state index contributed by atoms with van der Waals surface area (Å²) in [5.74, 6) is -1.07. The molecule has 1 fully saturated rings. The third-order valence-corrected chi connectivity index (χ3v) is 6.24. The topological polar surface area (TPSA) is 107 Å². The monoisotopic (exact) mass is 482 g/mol. The highest BCUT2D eigenvalue weighted by Crippen LogP contribution is 2.38. The summed E-state index contributed by atoms with van der Waals surface area (Å²) in [7, 11) is 2.04. The molecule has 1 aromatic heterocycles. The number of likely N-dealkylation sites (N-methyl/N-ethyl adjacent to an activating group) is 1. The Morgan fingerprint density at radius 3 is 2.43 bits per heavy atom. The first kappa shape index (κ1) is 24.5. The number of aromatic nitrogens is 3. The Morgan fingerprint density at radius 1 is 1.09 bits per heavy atom. The van der Waals surface area contributed by atoms with E-state index in [0.717, 1.165) is 13.1 Å². The van der Waals surface area contributed by atoms with Crippen molar-refractivity contribution in [2.45, 2.75) is 26.7 Å². The number of rotatable bonds is 6. The van der Waals surface area contributed by atoms with Crippen LogP contribution < -0.4 is 10.2 Å². The number of halogens is 1. The number of anilines is 1. The Morgan fingerprint density at radius 2 is 1.80 bits per heavy atom. The maximum Gasteiger partial charge on any atom is 0.289 e. The zero-order valence-corrected chi connectivity index (χ0v) is 20.4. The number of carbonyl (C=O) groups excluding carboxylic acids is 1. The lowest BCUT2D eigenvalue weighted by molar-refractivity contribution is 0.0943. The van der Waals surface area contributed by atoms with E-state index in [1.165, 1.54) is 16.7 Å². The van der Waals surface area contributed by atoms with Crippen molar-refractivity contribution in [2.75, 3.05) is 44.7 Å². The van der Waals surface area contributed by atoms with Crippen LogP contribution >= 0.6 is 0 Å². The van der Waals surface area contributed by atoms with Crippen molar-refractivity contribution in [3.63, 3.8) is 0 Å². The van der Waals surface area contributed by atoms with Crippen molar-refractivity contribution in [2.24, 2.45) is 0 Å². The first-order valence-corrected chi connectivity index (χ1v) is 11.7. The van der Waals surface area contributed by atoms with Crippen molar-refractivity contribution >= 4 is 11.6 Å². The van der Waals surface area contributed by atoms with Crippen LogP contribution in [0.25, 0.3) is 17.1 Å². The molecule has 3 N–H and O–H groups in total. The van der Waals surface area contributed by atoms with Gasteiger partial charge in [0.05, 0.1) is 16.9 Å². The molecule has 0 atom stereocenters. The van der Waals surface area contributed by atoms with Crippen molar-refractivity contribution in [1.82, 2.24) is 25.0 Å². The van der Waals surface area contributed by atoms with E-state index in [1.807, 2.05) is 25.8 Å². The number of amides is 1. The van der Waals surface area contributed by atoms with Crippen LogP contribution in [0.2, 0.25) is 0 Å². The van der Waals surface area contributed by atoms with Gasteiger partial charge in [-0.1, -0.05) is 13.8 Å². The van der Waals surface area contributed by atoms with Gasteiger partial charge in [-0.25, -0.2) is 4.39 Å². The second-order valence-corrected chi connectivity index (χ2v) is 9.05. The normalized spacial score (nSPS) is 14.5. The molecule has 1 amide bonds. The van der Waals surface area contributed by atoms with E-state index in [4.69, 9.17) is 0 Å². The maximum atomic E-state index is 15.3. The minimum atomic E-state index is -0.475. The number of aromatic hydroxyl groups is 2. The fourth-order valence-corrected chi connectivity index (χ4v) is 4.26. The van der Waals surface area contributed by atoms with Gasteiger partial charge in [0, 0.05) is 44.9 Å². The first-order valence-electron chi connectivity index (χ1n) is 11.7. The summed E-state index contributed by atoms with van der Waals surface area (Å²) in [6, 6.07) is 7.62. The van der Waals surface area contributed by atoms with Gasteiger partial charge in [0.15, 0.2) is 5.82 Å². The summed E-state index contributed by atoms with van der Waals surface area (Å²) in [5.41, 5.74) is 1.72. The molecule has 35 heavy (non-hydrogen) atoms. The zero-order chi connectivity index (χ0) is 25.3. The number of phenolic OH excluding ortho intramolecular Hbond substituents is 2. The molecular formula is C25H31FN6O3. The number of hydrogen-bond donors (Lipinski definition) is 3. The van der Waals surface area contributed by atoms with Crippen molar-refractivity contribution in [3.8, 4) is 28.6 Å². The number of phenols is 2. The molecule has 0 radical (unpaired) electrons. The molecule has 0 saturated carbocycles. The van der Waals surface area contributed by atoms with Gasteiger partial charge in [0.25, 0.3) is 5.91 Å². The van der Waals surface area contributed by atoms with Gasteiger partial charge in [0.1, 0.15) is 17.3 Å². The predicted octanol–water partition coefficient (Wildman–Crippen LogP) is 3.11. The summed E-state index contributed by atoms with van der Waals surface area (Å²) in [5, 5.41) is 31.8. The van der Waals surface area contributed by atoms with Gasteiger partial charge in [-0.2, -0.15) is 0 Å². The van der Waals surface area contributed by atoms with E-state index < -0.39 is 11.7 Å². The molecule has 1 aliphatic rings. The second kappa shape index (κ2) is 9.91. The molecule has 2 aromatic carbocycles. The summed E-state index contributed by atoms with van der Waals surface area (Å²) in [6.07, 6.45) is 0. The average molecular weight is 483 g/mol. The van der Waals surface area contributed by atoms with Crippen LogP contribution in [0, 0.1) is 5.82 Å². The van der Waals surface area contributed by atoms with Crippen LogP contribution in [0.5, 0.6) is 11.5 Å². The van der Waals surface area contributed by atoms with E-state index in [2.05, 4.69) is 20.4 Å². The van der Waals surface area contributed by atoms with Crippen LogP contribution in [0.3, 0.4) is 0 Å². The Labute approximate surface area is 203 Å². The van der Waals surface area contributed by atoms with Crippen molar-refractivity contribution in [3.05, 3.63) is 47.5 Å². The van der Waals surface area contributed by atoms with Gasteiger partial charge >= 0.3 is 0 Å². The van der Waals surface area contributed by atoms with Crippen LogP contribution in [0.1, 0.15) is 42.9 Å². The standard InChI is InChI=1S/C25H31FN6O3/c1-5-27-25(35)24-29-28-23(18-13-17(15(2)3)21(33)14-22(18)34)32(24)16-6-7-20(19(26)12-16)31-10-8-30(4)9-11-31/h6-7,12-15,33-34H,5,8-11H2,1-4H3,(H,27,35). The molecule has 0 unspecified atom stereocenters. The largest absolute Gasteiger partial charge is 0.508 e. The highest BCUT2D eigenvalue weighted by Gasteiger charge is 2.25. The number of carbonyl (C=O) groups is 1. The molecule has 4 rings (SSSR count). The Hall–Kier alpha value is -3.66. The number of benzene rings is 2. The highest BCUT2D eigenvalue weighted by molar-refractivity contribution is 5.92. The lowest BCUT2D eigenvalue weighted by Gasteiger charge is -2.34. The number of nitrogens with one attached hydrogen (secondary N) is 1. The minimum absolute atomic E-state index is 0.0334. The molecule has 1 saturated heterocycles. The summed E-state index contributed by atoms with van der Waals surface area (Å²) in [6.45, 7) is 9.10. The van der Waals surface area contributed by atoms with Gasteiger partial charge in [-0.15, -0.1) is 10.2 Å². The van der Waals surface area contributed by atoms with Crippen LogP contribution in [0.4, 0.5) is 10.1 Å². The molecule has 186 valence electrons. The molecule has 0 aliphatic carbocycles. The molecule has 0 bridgehead atoms. The fourth-order valence-electron chi connectivity index (χ4n) is 4.26. The molecule has 2 heterocycles. The van der Waals surface area contributed by atoms with Gasteiger partial charge in [-0.3, -0.25) is 9.36 Å². The average Bonchev–Trinajstić information content (AvgIpc) is 3.25. The lowest BCUT2D eigenvalue weighted by Crippen LogP contribution is -2.44. The smallest absolute Gasteiger partial charge is 0.289 e. The Bertz CT molecular complexity index is 1230. The molecule has 0 spiro atoms. The van der Waals surface area contributed by atoms with E-state index in [0.29, 0.717) is 36.6 Å². The number of piperazine rings is 1. The van der Waals surface area contributed by atoms with Gasteiger partial charge < -0.3 is 25.3 Å². The SMILES string of the molecule is CCNC(=O)c1nnc(-c2cc(C(C)C)c(O)cc2O)n1-c1ccc(N2CCN(C)CC2)c(F)c1. The van der Waals surface area contributed by atoms with E-state index in [1.54, 1.807) is 25.1 Å². The fraction of sp³-hybridized carbons (Fsp3) is 0.400. The van der Waals surface area contributed by atoms with Crippen molar-refractivity contribution < 1.29 is 19.4 Å². The van der Waals surface area contributed by atoms with E-state index in [-0.39, 0.29) is 34.6 Å². The van der Waals surface area contributed by atoms with E-state index in [9.17, 15) is 15.0 Å².